The summed E-state index contributed by atoms with van der Waals surface area (Å²) in [5.41, 5.74) is -0.0271. The van der Waals surface area contributed by atoms with E-state index in [2.05, 4.69) is 10.3 Å². The summed E-state index contributed by atoms with van der Waals surface area (Å²) in [4.78, 5) is 15.6. The number of hydrogen-bond donors (Lipinski definition) is 1. The van der Waals surface area contributed by atoms with Crippen LogP contribution in [0.2, 0.25) is 5.15 Å². The van der Waals surface area contributed by atoms with Gasteiger partial charge in [-0.1, -0.05) is 11.6 Å². The Balaban J connectivity index is 2.64. The number of ether oxygens (including phenoxy) is 1. The SMILES string of the molecule is COC(C)(C)CNC(=O)c1cccnc1Cl. The van der Waals surface area contributed by atoms with Crippen LogP contribution in [0.1, 0.15) is 24.2 Å². The Morgan fingerprint density at radius 3 is 2.88 bits per heavy atom. The minimum absolute atomic E-state index is 0.204. The molecule has 0 saturated heterocycles. The maximum Gasteiger partial charge on any atom is 0.254 e. The highest BCUT2D eigenvalue weighted by atomic mass is 35.5. The molecule has 1 aromatic heterocycles. The van der Waals surface area contributed by atoms with Crippen LogP contribution in [0.4, 0.5) is 0 Å². The van der Waals surface area contributed by atoms with Gasteiger partial charge >= 0.3 is 0 Å². The van der Waals surface area contributed by atoms with E-state index in [1.165, 1.54) is 6.20 Å². The van der Waals surface area contributed by atoms with Gasteiger partial charge in [0.2, 0.25) is 0 Å². The lowest BCUT2D eigenvalue weighted by molar-refractivity contribution is 0.0228. The smallest absolute Gasteiger partial charge is 0.254 e. The summed E-state index contributed by atoms with van der Waals surface area (Å²) in [5.74, 6) is -0.247. The summed E-state index contributed by atoms with van der Waals surface area (Å²) in [6, 6.07) is 3.30. The van der Waals surface area contributed by atoms with Gasteiger partial charge in [0, 0.05) is 19.9 Å². The lowest BCUT2D eigenvalue weighted by Crippen LogP contribution is -2.39. The predicted molar refractivity (Wildman–Crippen MR) is 62.7 cm³/mol. The number of methoxy groups -OCH3 is 1. The maximum absolute atomic E-state index is 11.7. The van der Waals surface area contributed by atoms with Crippen LogP contribution in [0.5, 0.6) is 0 Å². The van der Waals surface area contributed by atoms with Gasteiger partial charge in [0.05, 0.1) is 11.2 Å². The van der Waals surface area contributed by atoms with Crippen LogP contribution in [0.25, 0.3) is 0 Å². The molecule has 0 bridgehead atoms. The Labute approximate surface area is 100.0 Å². The molecule has 0 unspecified atom stereocenters. The summed E-state index contributed by atoms with van der Waals surface area (Å²) in [6.45, 7) is 4.18. The largest absolute Gasteiger partial charge is 0.377 e. The predicted octanol–water partition coefficient (Wildman–Crippen LogP) is 1.89. The number of amides is 1. The third-order valence-corrected chi connectivity index (χ3v) is 2.53. The van der Waals surface area contributed by atoms with Crippen LogP contribution in [-0.4, -0.2) is 30.1 Å². The van der Waals surface area contributed by atoms with Crippen molar-refractivity contribution in [3.63, 3.8) is 0 Å². The summed E-state index contributed by atoms with van der Waals surface area (Å²) in [6.07, 6.45) is 1.54. The van der Waals surface area contributed by atoms with E-state index in [0.29, 0.717) is 12.1 Å². The number of rotatable bonds is 4. The minimum Gasteiger partial charge on any atom is -0.377 e. The van der Waals surface area contributed by atoms with Crippen LogP contribution in [0.15, 0.2) is 18.3 Å². The Bertz CT molecular complexity index is 380. The monoisotopic (exact) mass is 242 g/mol. The Hall–Kier alpha value is -1.13. The fourth-order valence-electron chi connectivity index (χ4n) is 1.02. The van der Waals surface area contributed by atoms with Crippen molar-refractivity contribution >= 4 is 17.5 Å². The molecule has 1 heterocycles. The van der Waals surface area contributed by atoms with Gasteiger partial charge in [-0.2, -0.15) is 0 Å². The van der Waals surface area contributed by atoms with Gasteiger partial charge in [0.25, 0.3) is 5.91 Å². The van der Waals surface area contributed by atoms with Gasteiger partial charge in [-0.3, -0.25) is 4.79 Å². The van der Waals surface area contributed by atoms with Crippen molar-refractivity contribution in [2.45, 2.75) is 19.4 Å². The first-order valence-corrected chi connectivity index (χ1v) is 5.28. The maximum atomic E-state index is 11.7. The highest BCUT2D eigenvalue weighted by Crippen LogP contribution is 2.12. The van der Waals surface area contributed by atoms with Crippen molar-refractivity contribution in [2.75, 3.05) is 13.7 Å². The van der Waals surface area contributed by atoms with Crippen molar-refractivity contribution < 1.29 is 9.53 Å². The average Bonchev–Trinajstić information content (AvgIpc) is 2.27. The van der Waals surface area contributed by atoms with Crippen molar-refractivity contribution in [3.05, 3.63) is 29.0 Å². The van der Waals surface area contributed by atoms with Crippen molar-refractivity contribution in [2.24, 2.45) is 0 Å². The summed E-state index contributed by atoms with van der Waals surface area (Å²) in [7, 11) is 1.60. The molecule has 0 aliphatic heterocycles. The molecule has 5 heteroatoms. The molecule has 0 aromatic carbocycles. The zero-order valence-electron chi connectivity index (χ0n) is 9.58. The van der Waals surface area contributed by atoms with E-state index in [9.17, 15) is 4.79 Å². The number of pyridine rings is 1. The van der Waals surface area contributed by atoms with E-state index >= 15 is 0 Å². The molecule has 0 radical (unpaired) electrons. The molecule has 0 spiro atoms. The third-order valence-electron chi connectivity index (χ3n) is 2.23. The quantitative estimate of drug-likeness (QED) is 0.821. The van der Waals surface area contributed by atoms with Gasteiger partial charge < -0.3 is 10.1 Å². The van der Waals surface area contributed by atoms with Crippen molar-refractivity contribution in [1.29, 1.82) is 0 Å². The average molecular weight is 243 g/mol. The molecule has 0 atom stereocenters. The molecule has 4 nitrogen and oxygen atoms in total. The minimum atomic E-state index is -0.398. The molecule has 1 N–H and O–H groups in total. The van der Waals surface area contributed by atoms with Gasteiger partial charge in [0.1, 0.15) is 5.15 Å². The van der Waals surface area contributed by atoms with Gasteiger partial charge in [0.15, 0.2) is 0 Å². The molecule has 1 rings (SSSR count). The fourth-order valence-corrected chi connectivity index (χ4v) is 1.22. The molecular formula is C11H15ClN2O2. The molecule has 0 aliphatic rings. The van der Waals surface area contributed by atoms with Crippen molar-refractivity contribution in [1.82, 2.24) is 10.3 Å². The highest BCUT2D eigenvalue weighted by Gasteiger charge is 2.18. The molecule has 88 valence electrons. The van der Waals surface area contributed by atoms with Gasteiger partial charge in [-0.05, 0) is 26.0 Å². The number of nitrogens with one attached hydrogen (secondary N) is 1. The first-order chi connectivity index (χ1) is 7.46. The Morgan fingerprint density at radius 2 is 2.31 bits per heavy atom. The van der Waals surface area contributed by atoms with Crippen molar-refractivity contribution in [3.8, 4) is 0 Å². The first-order valence-electron chi connectivity index (χ1n) is 4.90. The highest BCUT2D eigenvalue weighted by molar-refractivity contribution is 6.32. The number of halogens is 1. The standard InChI is InChI=1S/C11H15ClN2O2/c1-11(2,16-3)7-14-10(15)8-5-4-6-13-9(8)12/h4-6H,7H2,1-3H3,(H,14,15). The van der Waals surface area contributed by atoms with Crippen LogP contribution >= 0.6 is 11.6 Å². The topological polar surface area (TPSA) is 51.2 Å². The van der Waals surface area contributed by atoms with Crippen LogP contribution in [0, 0.1) is 0 Å². The van der Waals surface area contributed by atoms with Gasteiger partial charge in [-0.15, -0.1) is 0 Å². The Morgan fingerprint density at radius 1 is 1.62 bits per heavy atom. The Kier molecular flexibility index (Phi) is 4.26. The number of hydrogen-bond acceptors (Lipinski definition) is 3. The molecule has 0 aliphatic carbocycles. The van der Waals surface area contributed by atoms with E-state index in [-0.39, 0.29) is 11.1 Å². The number of nitrogens with zero attached hydrogens (tertiary/aromatic N) is 1. The third kappa shape index (κ3) is 3.47. The van der Waals surface area contributed by atoms with Crippen LogP contribution in [-0.2, 0) is 4.74 Å². The van der Waals surface area contributed by atoms with Crippen LogP contribution in [0.3, 0.4) is 0 Å². The summed E-state index contributed by atoms with van der Waals surface area (Å²) >= 11 is 5.80. The number of aromatic nitrogens is 1. The summed E-state index contributed by atoms with van der Waals surface area (Å²) < 4.78 is 5.19. The first kappa shape index (κ1) is 12.9. The molecule has 1 aromatic rings. The fraction of sp³-hybridized carbons (Fsp3) is 0.455. The second-order valence-corrected chi connectivity index (χ2v) is 4.35. The number of carbonyl (C=O) groups excluding carboxylic acids is 1. The van der Waals surface area contributed by atoms with E-state index in [4.69, 9.17) is 16.3 Å². The molecule has 0 saturated carbocycles. The lowest BCUT2D eigenvalue weighted by atomic mass is 10.1. The summed E-state index contributed by atoms with van der Waals surface area (Å²) in [5, 5.41) is 2.95. The molecule has 0 fully saturated rings. The number of carbonyl (C=O) groups is 1. The second-order valence-electron chi connectivity index (χ2n) is 3.99. The van der Waals surface area contributed by atoms with E-state index in [1.54, 1.807) is 19.2 Å². The van der Waals surface area contributed by atoms with E-state index < -0.39 is 5.60 Å². The molecule has 1 amide bonds. The second kappa shape index (κ2) is 5.27. The molecular weight excluding hydrogens is 228 g/mol. The zero-order chi connectivity index (χ0) is 12.2. The van der Waals surface area contributed by atoms with E-state index in [0.717, 1.165) is 0 Å². The lowest BCUT2D eigenvalue weighted by Gasteiger charge is -2.23. The van der Waals surface area contributed by atoms with E-state index in [1.807, 2.05) is 13.8 Å². The van der Waals surface area contributed by atoms with Crippen LogP contribution < -0.4 is 5.32 Å². The van der Waals surface area contributed by atoms with Gasteiger partial charge in [-0.25, -0.2) is 4.98 Å². The molecule has 16 heavy (non-hydrogen) atoms. The zero-order valence-corrected chi connectivity index (χ0v) is 10.3. The normalized spacial score (nSPS) is 11.2.